The molecule has 22 rings (SSSR count). The number of hydrogen-bond acceptors (Lipinski definition) is 4. The van der Waals surface area contributed by atoms with Crippen molar-refractivity contribution in [3.8, 4) is 123 Å². The van der Waals surface area contributed by atoms with Crippen LogP contribution < -0.4 is 26.2 Å². The Morgan fingerprint density at radius 2 is 0.435 bits per heavy atom. The number of hydrogen-bond donors (Lipinski definition) is 0. The second-order valence-electron chi connectivity index (χ2n) is 30.4. The predicted octanol–water partition coefficient (Wildman–Crippen LogP) is 27.5. The molecule has 0 atom stereocenters. The molecule has 1 aromatic heterocycles. The molecular weight excluding hydrogens is 1390 g/mol. The van der Waals surface area contributed by atoms with Crippen molar-refractivity contribution < 1.29 is 0 Å². The first-order valence-corrected chi connectivity index (χ1v) is 39.6. The van der Waals surface area contributed by atoms with E-state index in [9.17, 15) is 0 Å². The van der Waals surface area contributed by atoms with E-state index in [1.165, 1.54) is 37.9 Å². The molecule has 534 valence electrons. The highest BCUT2D eigenvalue weighted by molar-refractivity contribution is 7.01. The van der Waals surface area contributed by atoms with Gasteiger partial charge in [-0.1, -0.05) is 315 Å². The van der Waals surface area contributed by atoms with Gasteiger partial charge < -0.3 is 9.80 Å². The van der Waals surface area contributed by atoms with E-state index in [-0.39, 0.29) is 6.71 Å². The maximum atomic E-state index is 6.11. The number of anilines is 6. The lowest BCUT2D eigenvalue weighted by Gasteiger charge is -2.45. The average molecular weight is 1460 g/mol. The summed E-state index contributed by atoms with van der Waals surface area (Å²) in [7, 11) is 0. The van der Waals surface area contributed by atoms with Crippen LogP contribution in [-0.2, 0) is 0 Å². The smallest absolute Gasteiger partial charge is 0.252 e. The Balaban J connectivity index is 0.910. The summed E-state index contributed by atoms with van der Waals surface area (Å²) in [6.45, 7) is -0.294. The molecule has 0 spiro atoms. The summed E-state index contributed by atoms with van der Waals surface area (Å²) < 4.78 is 0. The number of fused-ring (bicyclic) bond motifs is 10. The molecular formula is C110H71BN4. The second kappa shape index (κ2) is 28.1. The zero-order valence-corrected chi connectivity index (χ0v) is 62.9. The van der Waals surface area contributed by atoms with Crippen LogP contribution in [0.3, 0.4) is 0 Å². The molecule has 19 aromatic carbocycles. The van der Waals surface area contributed by atoms with Gasteiger partial charge in [0.25, 0.3) is 6.71 Å². The first kappa shape index (κ1) is 66.9. The van der Waals surface area contributed by atoms with Gasteiger partial charge in [-0.25, -0.2) is 9.97 Å². The van der Waals surface area contributed by atoms with Crippen molar-refractivity contribution in [3.63, 3.8) is 0 Å². The highest BCUT2D eigenvalue weighted by Crippen LogP contribution is 2.52. The maximum absolute atomic E-state index is 6.11. The molecule has 0 fully saturated rings. The van der Waals surface area contributed by atoms with E-state index >= 15 is 0 Å². The van der Waals surface area contributed by atoms with Crippen molar-refractivity contribution in [2.75, 3.05) is 9.80 Å². The third kappa shape index (κ3) is 12.1. The summed E-state index contributed by atoms with van der Waals surface area (Å²) in [5, 5.41) is 9.32. The van der Waals surface area contributed by atoms with E-state index in [1.807, 2.05) is 0 Å². The molecule has 0 saturated carbocycles. The van der Waals surface area contributed by atoms with Crippen LogP contribution in [0.1, 0.15) is 0 Å². The average Bonchev–Trinajstić information content (AvgIpc) is 0.682. The van der Waals surface area contributed by atoms with E-state index in [2.05, 4.69) is 441 Å². The minimum Gasteiger partial charge on any atom is -0.311 e. The topological polar surface area (TPSA) is 32.3 Å². The Hall–Kier alpha value is -15.0. The van der Waals surface area contributed by atoms with Gasteiger partial charge in [0.05, 0.1) is 11.4 Å². The molecule has 2 aliphatic rings. The SMILES string of the molecule is c1ccc(-c2cc(-c3ccccc3)cc(-c3cc(-c4cc(-c5ccccc5)cc(-c5ccccc5)c4)nc(-c4cc5c6c(c4)N(c4cc(-c7ccccc7)cc(-c7ccccc7)c4)c4c(ccc7cc8ccccc8cc47)B6c4ccc6cc7ccccc7cc6c4N5c4cc(-c5ccccc5)cc(-c5ccccc5)c4)n3)c2)cc1. The molecule has 0 aliphatic carbocycles. The van der Waals surface area contributed by atoms with Crippen molar-refractivity contribution >= 4 is 100 Å². The number of nitrogens with zero attached hydrogens (tertiary/aromatic N) is 4. The zero-order chi connectivity index (χ0) is 75.9. The summed E-state index contributed by atoms with van der Waals surface area (Å²) in [6.07, 6.45) is 0. The Bertz CT molecular complexity index is 6530. The fraction of sp³-hybridized carbons (Fsp3) is 0. The standard InChI is InChI=1S/C110H71BN4/c1-9-29-72(30-10-1)86-55-87(73-31-11-2-12-32-73)60-94(59-86)103-71-104(95-61-88(74-33-13-3-14-34-74)56-89(62-95)75-35-15-4-16-36-75)113-110(112-103)96-69-105-107-106(70-96)115(98-65-92(78-41-21-7-22-42-78)58-93(66-98)79-43-23-8-24-44-79)109-100-68-83-48-28-26-46-81(83)54-85(100)50-52-102(109)111(107)101-51-49-84-53-80-45-25-27-47-82(80)67-99(84)108(101)114(105)97-63-90(76-37-17-5-18-38-76)57-91(64-97)77-39-19-6-20-40-77/h1-71H. The van der Waals surface area contributed by atoms with E-state index in [1.54, 1.807) is 0 Å². The summed E-state index contributed by atoms with van der Waals surface area (Å²) in [6, 6.07) is 159. The summed E-state index contributed by atoms with van der Waals surface area (Å²) in [4.78, 5) is 17.5. The van der Waals surface area contributed by atoms with E-state index in [0.717, 1.165) is 173 Å². The van der Waals surface area contributed by atoms with Crippen LogP contribution in [0.5, 0.6) is 0 Å². The fourth-order valence-corrected chi connectivity index (χ4v) is 18.0. The Morgan fingerprint density at radius 3 is 0.722 bits per heavy atom. The van der Waals surface area contributed by atoms with Crippen LogP contribution in [-0.4, -0.2) is 16.7 Å². The van der Waals surface area contributed by atoms with E-state index in [0.29, 0.717) is 5.82 Å². The third-order valence-electron chi connectivity index (χ3n) is 23.4. The molecule has 0 saturated heterocycles. The molecule has 4 nitrogen and oxygen atoms in total. The van der Waals surface area contributed by atoms with Gasteiger partial charge in [-0.2, -0.15) is 0 Å². The summed E-state index contributed by atoms with van der Waals surface area (Å²) in [5.74, 6) is 0.580. The van der Waals surface area contributed by atoms with E-state index in [4.69, 9.17) is 9.97 Å². The van der Waals surface area contributed by atoms with Crippen LogP contribution in [0.25, 0.3) is 166 Å². The van der Waals surface area contributed by atoms with Crippen LogP contribution >= 0.6 is 0 Å². The van der Waals surface area contributed by atoms with Crippen molar-refractivity contribution in [3.05, 3.63) is 431 Å². The molecule has 0 N–H and O–H groups in total. The second-order valence-corrected chi connectivity index (χ2v) is 30.4. The normalized spacial score (nSPS) is 12.1. The summed E-state index contributed by atoms with van der Waals surface area (Å²) in [5.41, 5.74) is 32.0. The maximum Gasteiger partial charge on any atom is 0.252 e. The highest BCUT2D eigenvalue weighted by atomic mass is 15.2. The third-order valence-corrected chi connectivity index (χ3v) is 23.4. The molecule has 3 heterocycles. The van der Waals surface area contributed by atoms with Gasteiger partial charge in [0.2, 0.25) is 0 Å². The van der Waals surface area contributed by atoms with Crippen LogP contribution in [0.15, 0.2) is 431 Å². The predicted molar refractivity (Wildman–Crippen MR) is 486 cm³/mol. The molecule has 0 bridgehead atoms. The van der Waals surface area contributed by atoms with E-state index < -0.39 is 0 Å². The van der Waals surface area contributed by atoms with Crippen LogP contribution in [0.2, 0.25) is 0 Å². The quantitative estimate of drug-likeness (QED) is 0.0851. The lowest BCUT2D eigenvalue weighted by molar-refractivity contribution is 1.18. The Morgan fingerprint density at radius 1 is 0.183 bits per heavy atom. The largest absolute Gasteiger partial charge is 0.311 e. The minimum atomic E-state index is -0.294. The lowest BCUT2D eigenvalue weighted by atomic mass is 9.33. The van der Waals surface area contributed by atoms with Crippen molar-refractivity contribution in [1.82, 2.24) is 9.97 Å². The molecule has 20 aromatic rings. The van der Waals surface area contributed by atoms with Crippen LogP contribution in [0.4, 0.5) is 34.1 Å². The van der Waals surface area contributed by atoms with Gasteiger partial charge in [-0.05, 0) is 253 Å². The minimum absolute atomic E-state index is 0.294. The monoisotopic (exact) mass is 1460 g/mol. The van der Waals surface area contributed by atoms with Gasteiger partial charge in [-0.15, -0.1) is 0 Å². The Labute approximate surface area is 669 Å². The summed E-state index contributed by atoms with van der Waals surface area (Å²) >= 11 is 0. The Kier molecular flexibility index (Phi) is 16.3. The van der Waals surface area contributed by atoms with Gasteiger partial charge in [0, 0.05) is 61.6 Å². The lowest BCUT2D eigenvalue weighted by Crippen LogP contribution is -2.61. The highest BCUT2D eigenvalue weighted by Gasteiger charge is 2.45. The fourth-order valence-electron chi connectivity index (χ4n) is 18.0. The first-order chi connectivity index (χ1) is 56.9. The number of benzene rings is 19. The number of aromatic nitrogens is 2. The van der Waals surface area contributed by atoms with Gasteiger partial charge >= 0.3 is 0 Å². The molecule has 0 radical (unpaired) electrons. The van der Waals surface area contributed by atoms with Crippen molar-refractivity contribution in [1.29, 1.82) is 0 Å². The molecule has 2 aliphatic heterocycles. The molecule has 115 heavy (non-hydrogen) atoms. The van der Waals surface area contributed by atoms with Crippen molar-refractivity contribution in [2.45, 2.75) is 0 Å². The van der Waals surface area contributed by atoms with Gasteiger partial charge in [0.1, 0.15) is 0 Å². The van der Waals surface area contributed by atoms with Crippen LogP contribution in [0, 0.1) is 0 Å². The first-order valence-electron chi connectivity index (χ1n) is 39.6. The zero-order valence-electron chi connectivity index (χ0n) is 62.9. The molecule has 0 amide bonds. The molecule has 0 unspecified atom stereocenters. The van der Waals surface area contributed by atoms with Gasteiger partial charge in [-0.3, -0.25) is 0 Å². The molecule has 5 heteroatoms. The van der Waals surface area contributed by atoms with Crippen molar-refractivity contribution in [2.24, 2.45) is 0 Å². The van der Waals surface area contributed by atoms with Gasteiger partial charge in [0.15, 0.2) is 5.82 Å². The number of rotatable bonds is 13.